The van der Waals surface area contributed by atoms with E-state index in [2.05, 4.69) is 173 Å². The second-order valence-electron chi connectivity index (χ2n) is 13.2. The van der Waals surface area contributed by atoms with Crippen LogP contribution in [0.4, 0.5) is 0 Å². The molecule has 0 aliphatic rings. The van der Waals surface area contributed by atoms with Crippen LogP contribution in [-0.2, 0) is 25.5 Å². The standard InChI is InChI=1S/C46H38N.Ir/c1-46(2,3)44-26-24-35(25-27-44)37-12-8-15-40(30-37)42-17-9-16-41(31-42)39-14-7-11-36(29-39)33-20-22-34(23-21-33)38-13-10-18-43(32-38)45-19-5-6-28-47(45)4;/h5-17,19-32H,4H2,1-3H3;/q-1;. The number of hydrogen-bond acceptors (Lipinski definition) is 0. The van der Waals surface area contributed by atoms with Crippen molar-refractivity contribution in [3.8, 4) is 66.9 Å². The molecule has 1 heterocycles. The Bertz CT molecular complexity index is 2170. The van der Waals surface area contributed by atoms with E-state index in [1.54, 1.807) is 0 Å². The zero-order valence-electron chi connectivity index (χ0n) is 27.6. The maximum atomic E-state index is 4.11. The molecule has 0 amide bonds. The SMILES string of the molecule is [CH2-][n+]1ccccc1-c1[c-]ccc(-c2ccc(-c3cccc(-c4cccc(-c5cccc(-c6ccc(C(C)(C)C)cc6)c5)c4)c3)cc2)c1.[Ir]. The van der Waals surface area contributed by atoms with Gasteiger partial charge in [0.1, 0.15) is 5.69 Å². The Morgan fingerprint density at radius 2 is 0.875 bits per heavy atom. The number of rotatable bonds is 6. The van der Waals surface area contributed by atoms with E-state index in [0.29, 0.717) is 0 Å². The van der Waals surface area contributed by atoms with Crippen molar-refractivity contribution in [3.05, 3.63) is 183 Å². The third kappa shape index (κ3) is 7.11. The molecule has 0 saturated heterocycles. The molecule has 0 spiro atoms. The van der Waals surface area contributed by atoms with E-state index >= 15 is 0 Å². The average Bonchev–Trinajstić information content (AvgIpc) is 3.12. The summed E-state index contributed by atoms with van der Waals surface area (Å²) in [6.45, 7) is 6.77. The first-order chi connectivity index (χ1) is 22.8. The summed E-state index contributed by atoms with van der Waals surface area (Å²) in [5.74, 6) is 0. The van der Waals surface area contributed by atoms with Crippen LogP contribution in [0.2, 0.25) is 0 Å². The minimum absolute atomic E-state index is 0. The van der Waals surface area contributed by atoms with E-state index in [0.717, 1.165) is 16.8 Å². The van der Waals surface area contributed by atoms with Gasteiger partial charge in [0.15, 0.2) is 0 Å². The van der Waals surface area contributed by atoms with Crippen molar-refractivity contribution in [1.29, 1.82) is 0 Å². The smallest absolute Gasteiger partial charge is 0.115 e. The summed E-state index contributed by atoms with van der Waals surface area (Å²) in [7, 11) is 4.11. The molecule has 0 bridgehead atoms. The molecule has 0 saturated carbocycles. The van der Waals surface area contributed by atoms with Gasteiger partial charge < -0.3 is 4.57 Å². The summed E-state index contributed by atoms with van der Waals surface area (Å²) < 4.78 is 1.88. The molecule has 7 rings (SSSR count). The van der Waals surface area contributed by atoms with E-state index in [9.17, 15) is 0 Å². The van der Waals surface area contributed by atoms with Gasteiger partial charge in [-0.2, -0.15) is 0 Å². The summed E-state index contributed by atoms with van der Waals surface area (Å²) >= 11 is 0. The van der Waals surface area contributed by atoms with Crippen molar-refractivity contribution in [2.45, 2.75) is 26.2 Å². The van der Waals surface area contributed by atoms with Crippen LogP contribution in [0.25, 0.3) is 66.9 Å². The van der Waals surface area contributed by atoms with Crippen molar-refractivity contribution in [1.82, 2.24) is 0 Å². The number of aromatic nitrogens is 1. The fourth-order valence-electron chi connectivity index (χ4n) is 6.17. The Morgan fingerprint density at radius 3 is 1.31 bits per heavy atom. The van der Waals surface area contributed by atoms with Gasteiger partial charge >= 0.3 is 0 Å². The fourth-order valence-corrected chi connectivity index (χ4v) is 6.17. The van der Waals surface area contributed by atoms with E-state index < -0.39 is 0 Å². The van der Waals surface area contributed by atoms with Crippen LogP contribution in [0.1, 0.15) is 26.3 Å². The van der Waals surface area contributed by atoms with Crippen LogP contribution in [0, 0.1) is 13.1 Å². The van der Waals surface area contributed by atoms with Gasteiger partial charge in [-0.25, -0.2) is 0 Å². The molecule has 1 aromatic heterocycles. The van der Waals surface area contributed by atoms with Crippen LogP contribution in [0.3, 0.4) is 0 Å². The second kappa shape index (κ2) is 14.0. The first kappa shape index (κ1) is 32.9. The molecular formula is C46H38IrN-. The molecule has 48 heavy (non-hydrogen) atoms. The molecule has 0 unspecified atom stereocenters. The molecule has 0 aliphatic heterocycles. The predicted octanol–water partition coefficient (Wildman–Crippen LogP) is 11.7. The van der Waals surface area contributed by atoms with Crippen LogP contribution in [-0.4, -0.2) is 0 Å². The van der Waals surface area contributed by atoms with Crippen LogP contribution in [0.5, 0.6) is 0 Å². The summed E-state index contributed by atoms with van der Waals surface area (Å²) in [6, 6.07) is 60.1. The Balaban J connectivity index is 0.00000401. The Kier molecular flexibility index (Phi) is 9.60. The Morgan fingerprint density at radius 1 is 0.458 bits per heavy atom. The van der Waals surface area contributed by atoms with E-state index in [-0.39, 0.29) is 25.5 Å². The Labute approximate surface area is 299 Å². The zero-order chi connectivity index (χ0) is 32.4. The number of benzene rings is 6. The average molecular weight is 797 g/mol. The molecule has 0 fully saturated rings. The molecular weight excluding hydrogens is 759 g/mol. The first-order valence-electron chi connectivity index (χ1n) is 16.2. The fraction of sp³-hybridized carbons (Fsp3) is 0.0870. The maximum absolute atomic E-state index is 4.11. The quantitative estimate of drug-likeness (QED) is 0.117. The summed E-state index contributed by atoms with van der Waals surface area (Å²) in [4.78, 5) is 0. The van der Waals surface area contributed by atoms with Gasteiger partial charge in [0.05, 0.1) is 6.20 Å². The first-order valence-corrected chi connectivity index (χ1v) is 16.2. The third-order valence-corrected chi connectivity index (χ3v) is 8.91. The van der Waals surface area contributed by atoms with Gasteiger partial charge in [-0.05, 0) is 85.3 Å². The Hall–Kier alpha value is -5.01. The molecule has 0 N–H and O–H groups in total. The number of pyridine rings is 1. The van der Waals surface area contributed by atoms with Crippen LogP contribution >= 0.6 is 0 Å². The van der Waals surface area contributed by atoms with Gasteiger partial charge in [0, 0.05) is 27.2 Å². The zero-order valence-corrected chi connectivity index (χ0v) is 30.0. The number of nitrogens with zero attached hydrogens (tertiary/aromatic N) is 1. The topological polar surface area (TPSA) is 3.88 Å². The van der Waals surface area contributed by atoms with Crippen molar-refractivity contribution in [3.63, 3.8) is 0 Å². The molecule has 1 nitrogen and oxygen atoms in total. The third-order valence-electron chi connectivity index (χ3n) is 8.91. The van der Waals surface area contributed by atoms with Crippen molar-refractivity contribution >= 4 is 0 Å². The van der Waals surface area contributed by atoms with E-state index in [1.165, 1.54) is 55.6 Å². The van der Waals surface area contributed by atoms with Crippen molar-refractivity contribution in [2.75, 3.05) is 0 Å². The molecule has 0 aliphatic carbocycles. The van der Waals surface area contributed by atoms with Gasteiger partial charge in [-0.1, -0.05) is 142 Å². The largest absolute Gasteiger partial charge is 0.321 e. The van der Waals surface area contributed by atoms with Crippen LogP contribution in [0.15, 0.2) is 164 Å². The van der Waals surface area contributed by atoms with Gasteiger partial charge in [0.25, 0.3) is 0 Å². The summed E-state index contributed by atoms with van der Waals surface area (Å²) in [5.41, 5.74) is 15.6. The molecule has 1 radical (unpaired) electrons. The van der Waals surface area contributed by atoms with Crippen LogP contribution < -0.4 is 4.57 Å². The van der Waals surface area contributed by atoms with E-state index in [4.69, 9.17) is 0 Å². The molecule has 6 aromatic carbocycles. The van der Waals surface area contributed by atoms with Gasteiger partial charge in [-0.3, -0.25) is 0 Å². The van der Waals surface area contributed by atoms with Crippen molar-refractivity contribution < 1.29 is 24.7 Å². The van der Waals surface area contributed by atoms with Gasteiger partial charge in [-0.15, -0.1) is 29.8 Å². The van der Waals surface area contributed by atoms with E-state index in [1.807, 2.05) is 29.0 Å². The summed E-state index contributed by atoms with van der Waals surface area (Å²) in [6.07, 6.45) is 1.96. The molecule has 237 valence electrons. The minimum atomic E-state index is 0. The maximum Gasteiger partial charge on any atom is 0.115 e. The van der Waals surface area contributed by atoms with Gasteiger partial charge in [0.2, 0.25) is 0 Å². The number of hydrogen-bond donors (Lipinski definition) is 0. The predicted molar refractivity (Wildman–Crippen MR) is 198 cm³/mol. The normalized spacial score (nSPS) is 11.1. The van der Waals surface area contributed by atoms with Crippen molar-refractivity contribution in [2.24, 2.45) is 0 Å². The molecule has 7 aromatic rings. The monoisotopic (exact) mass is 797 g/mol. The molecule has 2 heteroatoms. The minimum Gasteiger partial charge on any atom is -0.321 e. The summed E-state index contributed by atoms with van der Waals surface area (Å²) in [5, 5.41) is 0. The second-order valence-corrected chi connectivity index (χ2v) is 13.2. The molecule has 0 atom stereocenters.